The molecule has 0 unspecified atom stereocenters. The van der Waals surface area contributed by atoms with E-state index in [1.165, 1.54) is 23.7 Å². The first-order valence-corrected chi connectivity index (χ1v) is 8.14. The number of hydrogen-bond acceptors (Lipinski definition) is 5. The Bertz CT molecular complexity index is 756. The van der Waals surface area contributed by atoms with Gasteiger partial charge in [-0.1, -0.05) is 0 Å². The molecule has 0 aromatic carbocycles. The maximum Gasteiger partial charge on any atom is 0.155 e. The predicted molar refractivity (Wildman–Crippen MR) is 88.6 cm³/mol. The van der Waals surface area contributed by atoms with Gasteiger partial charge in [0.15, 0.2) is 5.82 Å². The fourth-order valence-electron chi connectivity index (χ4n) is 3.15. The van der Waals surface area contributed by atoms with E-state index in [9.17, 15) is 0 Å². The molecule has 2 N–H and O–H groups in total. The average Bonchev–Trinajstić information content (AvgIpc) is 3.25. The Balaban J connectivity index is 1.47. The van der Waals surface area contributed by atoms with Crippen LogP contribution in [0.4, 0.5) is 0 Å². The van der Waals surface area contributed by atoms with Crippen LogP contribution in [0, 0.1) is 0 Å². The van der Waals surface area contributed by atoms with Crippen molar-refractivity contribution >= 4 is 10.9 Å². The lowest BCUT2D eigenvalue weighted by molar-refractivity contribution is 0.238. The molecule has 0 saturated carbocycles. The molecule has 3 aromatic rings. The summed E-state index contributed by atoms with van der Waals surface area (Å²) < 4.78 is 1.69. The van der Waals surface area contributed by atoms with Crippen molar-refractivity contribution in [2.45, 2.75) is 12.8 Å². The summed E-state index contributed by atoms with van der Waals surface area (Å²) in [5.41, 5.74) is 2.42. The van der Waals surface area contributed by atoms with E-state index in [1.807, 2.05) is 6.20 Å². The van der Waals surface area contributed by atoms with Gasteiger partial charge in [0, 0.05) is 37.8 Å². The molecule has 0 spiro atoms. The first kappa shape index (κ1) is 14.3. The zero-order valence-electron chi connectivity index (χ0n) is 13.1. The minimum absolute atomic E-state index is 0.804. The van der Waals surface area contributed by atoms with Crippen molar-refractivity contribution in [2.75, 3.05) is 32.7 Å². The van der Waals surface area contributed by atoms with Crippen LogP contribution in [0.3, 0.4) is 0 Å². The van der Waals surface area contributed by atoms with Gasteiger partial charge in [-0.25, -0.2) is 14.6 Å². The molecule has 23 heavy (non-hydrogen) atoms. The largest absolute Gasteiger partial charge is 0.360 e. The highest BCUT2D eigenvalue weighted by Crippen LogP contribution is 2.21. The monoisotopic (exact) mass is 311 g/mol. The summed E-state index contributed by atoms with van der Waals surface area (Å²) in [6, 6.07) is 2.08. The van der Waals surface area contributed by atoms with Crippen LogP contribution >= 0.6 is 0 Å². The minimum Gasteiger partial charge on any atom is -0.360 e. The number of aryl methyl sites for hydroxylation is 1. The van der Waals surface area contributed by atoms with Gasteiger partial charge >= 0.3 is 0 Å². The summed E-state index contributed by atoms with van der Waals surface area (Å²) in [5.74, 6) is 0.804. The highest BCUT2D eigenvalue weighted by molar-refractivity contribution is 5.83. The zero-order chi connectivity index (χ0) is 15.5. The summed E-state index contributed by atoms with van der Waals surface area (Å²) in [6.45, 7) is 5.71. The highest BCUT2D eigenvalue weighted by atomic mass is 15.3. The minimum atomic E-state index is 0.804. The Kier molecular flexibility index (Phi) is 4.04. The molecule has 4 rings (SSSR count). The third-order valence-corrected chi connectivity index (χ3v) is 4.42. The van der Waals surface area contributed by atoms with Gasteiger partial charge in [0.1, 0.15) is 12.7 Å². The number of nitrogens with one attached hydrogen (secondary N) is 2. The van der Waals surface area contributed by atoms with Crippen LogP contribution in [-0.4, -0.2) is 62.4 Å². The fraction of sp³-hybridized carbons (Fsp3) is 0.438. The molecule has 120 valence electrons. The van der Waals surface area contributed by atoms with Crippen LogP contribution in [0.2, 0.25) is 0 Å². The molecular formula is C16H21N7. The lowest BCUT2D eigenvalue weighted by atomic mass is 10.1. The molecule has 1 fully saturated rings. The fourth-order valence-corrected chi connectivity index (χ4v) is 3.15. The van der Waals surface area contributed by atoms with Gasteiger partial charge in [-0.2, -0.15) is 5.10 Å². The van der Waals surface area contributed by atoms with Crippen molar-refractivity contribution in [2.24, 2.45) is 0 Å². The highest BCUT2D eigenvalue weighted by Gasteiger charge is 2.10. The number of H-pyrrole nitrogens is 1. The first-order valence-electron chi connectivity index (χ1n) is 8.14. The number of fused-ring (bicyclic) bond motifs is 1. The molecule has 0 amide bonds. The van der Waals surface area contributed by atoms with Gasteiger partial charge in [0.2, 0.25) is 0 Å². The van der Waals surface area contributed by atoms with Crippen molar-refractivity contribution in [3.63, 3.8) is 0 Å². The van der Waals surface area contributed by atoms with Gasteiger partial charge in [-0.15, -0.1) is 0 Å². The lowest BCUT2D eigenvalue weighted by Gasteiger charge is -2.26. The Hall–Kier alpha value is -2.25. The van der Waals surface area contributed by atoms with Gasteiger partial charge in [0.05, 0.1) is 11.7 Å². The summed E-state index contributed by atoms with van der Waals surface area (Å²) in [4.78, 5) is 14.3. The van der Waals surface area contributed by atoms with Gasteiger partial charge in [-0.3, -0.25) is 0 Å². The summed E-state index contributed by atoms with van der Waals surface area (Å²) in [7, 11) is 0. The molecule has 0 bridgehead atoms. The summed E-state index contributed by atoms with van der Waals surface area (Å²) in [6.07, 6.45) is 9.42. The second-order valence-electron chi connectivity index (χ2n) is 5.94. The molecule has 0 aliphatic carbocycles. The van der Waals surface area contributed by atoms with E-state index in [0.29, 0.717) is 0 Å². The molecular weight excluding hydrogens is 290 g/mol. The quantitative estimate of drug-likeness (QED) is 0.735. The number of hydrogen-bond donors (Lipinski definition) is 2. The standard InChI is InChI=1S/C16H21N7/c1(5-22-6-3-17-4-7-22)2-13-9-19-15-10-20-16(8-14(13)15)23-12-18-11-21-23/h8-12,17,19H,1-7H2. The third kappa shape index (κ3) is 3.11. The Morgan fingerprint density at radius 3 is 2.96 bits per heavy atom. The number of pyridine rings is 1. The maximum absolute atomic E-state index is 4.43. The molecule has 3 aromatic heterocycles. The van der Waals surface area contributed by atoms with Crippen LogP contribution in [0.5, 0.6) is 0 Å². The SMILES string of the molecule is c1ncn(-c2cc3c(CCCN4CCNCC4)c[nH]c3cn2)n1. The van der Waals surface area contributed by atoms with Crippen LogP contribution in [0.25, 0.3) is 16.7 Å². The molecule has 4 heterocycles. The third-order valence-electron chi connectivity index (χ3n) is 4.42. The topological polar surface area (TPSA) is 74.7 Å². The Labute approximate surface area is 134 Å². The average molecular weight is 311 g/mol. The normalized spacial score (nSPS) is 16.2. The van der Waals surface area contributed by atoms with Gasteiger partial charge in [0.25, 0.3) is 0 Å². The van der Waals surface area contributed by atoms with Crippen LogP contribution in [-0.2, 0) is 6.42 Å². The van der Waals surface area contributed by atoms with E-state index in [0.717, 1.165) is 50.5 Å². The molecule has 7 nitrogen and oxygen atoms in total. The van der Waals surface area contributed by atoms with E-state index in [-0.39, 0.29) is 0 Å². The lowest BCUT2D eigenvalue weighted by Crippen LogP contribution is -2.43. The van der Waals surface area contributed by atoms with Crippen LogP contribution in [0.15, 0.2) is 31.1 Å². The van der Waals surface area contributed by atoms with Gasteiger partial charge in [-0.05, 0) is 31.0 Å². The van der Waals surface area contributed by atoms with Crippen molar-refractivity contribution in [1.82, 2.24) is 34.9 Å². The number of nitrogens with zero attached hydrogens (tertiary/aromatic N) is 5. The van der Waals surface area contributed by atoms with E-state index in [1.54, 1.807) is 11.0 Å². The zero-order valence-corrected chi connectivity index (χ0v) is 13.1. The Morgan fingerprint density at radius 1 is 1.22 bits per heavy atom. The van der Waals surface area contributed by atoms with E-state index >= 15 is 0 Å². The number of aromatic nitrogens is 5. The summed E-state index contributed by atoms with van der Waals surface area (Å²) >= 11 is 0. The molecule has 1 saturated heterocycles. The predicted octanol–water partition coefficient (Wildman–Crippen LogP) is 0.981. The second kappa shape index (κ2) is 6.47. The van der Waals surface area contributed by atoms with Gasteiger partial charge < -0.3 is 15.2 Å². The molecule has 1 aliphatic rings. The van der Waals surface area contributed by atoms with Crippen molar-refractivity contribution in [3.8, 4) is 5.82 Å². The van der Waals surface area contributed by atoms with E-state index in [2.05, 4.69) is 42.5 Å². The van der Waals surface area contributed by atoms with Crippen molar-refractivity contribution < 1.29 is 0 Å². The molecule has 1 aliphatic heterocycles. The molecule has 0 radical (unpaired) electrons. The van der Waals surface area contributed by atoms with Crippen molar-refractivity contribution in [1.29, 1.82) is 0 Å². The first-order chi connectivity index (χ1) is 11.4. The van der Waals surface area contributed by atoms with E-state index in [4.69, 9.17) is 0 Å². The maximum atomic E-state index is 4.43. The second-order valence-corrected chi connectivity index (χ2v) is 5.94. The van der Waals surface area contributed by atoms with Crippen LogP contribution in [0.1, 0.15) is 12.0 Å². The molecule has 7 heteroatoms. The van der Waals surface area contributed by atoms with Crippen LogP contribution < -0.4 is 5.32 Å². The number of piperazine rings is 1. The summed E-state index contributed by atoms with van der Waals surface area (Å²) in [5, 5.41) is 8.77. The smallest absolute Gasteiger partial charge is 0.155 e. The number of rotatable bonds is 5. The molecule has 0 atom stereocenters. The van der Waals surface area contributed by atoms with E-state index < -0.39 is 0 Å². The Morgan fingerprint density at radius 2 is 2.13 bits per heavy atom. The van der Waals surface area contributed by atoms with Crippen molar-refractivity contribution in [3.05, 3.63) is 36.7 Å². The number of aromatic amines is 1.